The summed E-state index contributed by atoms with van der Waals surface area (Å²) in [6, 6.07) is 12.3. The predicted molar refractivity (Wildman–Crippen MR) is 103 cm³/mol. The molecule has 5 nitrogen and oxygen atoms in total. The number of nitrogens with one attached hydrogen (secondary N) is 1. The first kappa shape index (κ1) is 16.8. The molecule has 0 spiro atoms. The molecule has 0 atom stereocenters. The van der Waals surface area contributed by atoms with E-state index in [2.05, 4.69) is 9.97 Å². The second-order valence-corrected chi connectivity index (χ2v) is 7.68. The first-order valence-corrected chi connectivity index (χ1v) is 9.73. The number of carbonyl (C=O) groups excluding carboxylic acids is 1. The zero-order valence-corrected chi connectivity index (χ0v) is 14.9. The monoisotopic (exact) mass is 366 g/mol. The molecule has 0 bridgehead atoms. The molecule has 0 saturated carbocycles. The standard InChI is InChI=1S/C20H18N2O3S/c23-18(13-7-9-26-10-8-13)12-1-3-14(4-2-12)19-21-16-6-5-15(20(24)25)11-17(16)22-19/h1-6,11,13H,7-10H2,(H,21,22)(H,24,25). The Bertz CT molecular complexity index is 972. The number of imidazole rings is 1. The third-order valence-corrected chi connectivity index (χ3v) is 5.81. The van der Waals surface area contributed by atoms with Crippen molar-refractivity contribution in [2.45, 2.75) is 12.8 Å². The van der Waals surface area contributed by atoms with Crippen molar-refractivity contribution in [3.05, 3.63) is 53.6 Å². The highest BCUT2D eigenvalue weighted by Gasteiger charge is 2.22. The Morgan fingerprint density at radius 2 is 1.73 bits per heavy atom. The van der Waals surface area contributed by atoms with Crippen LogP contribution in [0.4, 0.5) is 0 Å². The molecule has 1 aliphatic heterocycles. The minimum atomic E-state index is -0.966. The zero-order valence-electron chi connectivity index (χ0n) is 14.1. The number of aromatic nitrogens is 2. The van der Waals surface area contributed by atoms with Crippen LogP contribution in [0.1, 0.15) is 33.6 Å². The van der Waals surface area contributed by atoms with E-state index < -0.39 is 5.97 Å². The number of fused-ring (bicyclic) bond motifs is 1. The number of carboxylic acid groups (broad SMARTS) is 1. The molecule has 1 saturated heterocycles. The van der Waals surface area contributed by atoms with E-state index in [0.717, 1.165) is 35.5 Å². The number of H-pyrrole nitrogens is 1. The van der Waals surface area contributed by atoms with Crippen molar-refractivity contribution in [1.29, 1.82) is 0 Å². The third kappa shape index (κ3) is 3.24. The smallest absolute Gasteiger partial charge is 0.335 e. The van der Waals surface area contributed by atoms with Gasteiger partial charge in [0.05, 0.1) is 16.6 Å². The van der Waals surface area contributed by atoms with E-state index in [4.69, 9.17) is 5.11 Å². The molecular formula is C20H18N2O3S. The van der Waals surface area contributed by atoms with Crippen LogP contribution in [-0.2, 0) is 0 Å². The molecule has 2 aromatic carbocycles. The first-order chi connectivity index (χ1) is 12.6. The maximum Gasteiger partial charge on any atom is 0.335 e. The molecular weight excluding hydrogens is 348 g/mol. The normalized spacial score (nSPS) is 15.2. The Morgan fingerprint density at radius 1 is 1.04 bits per heavy atom. The van der Waals surface area contributed by atoms with Gasteiger partial charge < -0.3 is 10.1 Å². The Morgan fingerprint density at radius 3 is 2.42 bits per heavy atom. The van der Waals surface area contributed by atoms with Gasteiger partial charge in [0.25, 0.3) is 0 Å². The number of Topliss-reactive ketones (excluding diaryl/α,β-unsaturated/α-hetero) is 1. The average molecular weight is 366 g/mol. The summed E-state index contributed by atoms with van der Waals surface area (Å²) in [6.45, 7) is 0. The van der Waals surface area contributed by atoms with Crippen molar-refractivity contribution in [2.24, 2.45) is 5.92 Å². The summed E-state index contributed by atoms with van der Waals surface area (Å²) in [4.78, 5) is 31.4. The molecule has 1 aromatic heterocycles. The summed E-state index contributed by atoms with van der Waals surface area (Å²) in [5.74, 6) is 2.19. The Kier molecular flexibility index (Phi) is 4.51. The van der Waals surface area contributed by atoms with Gasteiger partial charge in [0.1, 0.15) is 5.82 Å². The van der Waals surface area contributed by atoms with Gasteiger partial charge in [0.2, 0.25) is 0 Å². The molecule has 2 N–H and O–H groups in total. The molecule has 1 fully saturated rings. The van der Waals surface area contributed by atoms with E-state index in [1.54, 1.807) is 18.2 Å². The Hall–Kier alpha value is -2.60. The van der Waals surface area contributed by atoms with Gasteiger partial charge in [-0.15, -0.1) is 0 Å². The molecule has 3 aromatic rings. The van der Waals surface area contributed by atoms with E-state index in [9.17, 15) is 9.59 Å². The van der Waals surface area contributed by atoms with Crippen LogP contribution in [0.15, 0.2) is 42.5 Å². The second-order valence-electron chi connectivity index (χ2n) is 6.45. The highest BCUT2D eigenvalue weighted by Crippen LogP contribution is 2.27. The van der Waals surface area contributed by atoms with Gasteiger partial charge in [-0.25, -0.2) is 9.78 Å². The van der Waals surface area contributed by atoms with Gasteiger partial charge in [-0.1, -0.05) is 24.3 Å². The van der Waals surface area contributed by atoms with Crippen molar-refractivity contribution in [3.63, 3.8) is 0 Å². The second kappa shape index (κ2) is 6.96. The number of benzene rings is 2. The van der Waals surface area contributed by atoms with Crippen LogP contribution in [0, 0.1) is 5.92 Å². The van der Waals surface area contributed by atoms with E-state index in [1.807, 2.05) is 36.0 Å². The number of aromatic amines is 1. The van der Waals surface area contributed by atoms with E-state index in [-0.39, 0.29) is 17.3 Å². The van der Waals surface area contributed by atoms with Crippen LogP contribution < -0.4 is 0 Å². The van der Waals surface area contributed by atoms with Gasteiger partial charge in [-0.05, 0) is 42.5 Å². The van der Waals surface area contributed by atoms with Crippen molar-refractivity contribution in [3.8, 4) is 11.4 Å². The topological polar surface area (TPSA) is 83.0 Å². The van der Waals surface area contributed by atoms with Crippen molar-refractivity contribution < 1.29 is 14.7 Å². The number of thioether (sulfide) groups is 1. The lowest BCUT2D eigenvalue weighted by Gasteiger charge is -2.20. The molecule has 4 rings (SSSR count). The Labute approximate surface area is 154 Å². The molecule has 0 aliphatic carbocycles. The average Bonchev–Trinajstić information content (AvgIpc) is 3.11. The quantitative estimate of drug-likeness (QED) is 0.674. The first-order valence-electron chi connectivity index (χ1n) is 8.57. The summed E-state index contributed by atoms with van der Waals surface area (Å²) in [5, 5.41) is 9.09. The number of ketones is 1. The van der Waals surface area contributed by atoms with Crippen LogP contribution >= 0.6 is 11.8 Å². The fourth-order valence-corrected chi connectivity index (χ4v) is 4.37. The number of hydrogen-bond donors (Lipinski definition) is 2. The summed E-state index contributed by atoms with van der Waals surface area (Å²) in [7, 11) is 0. The molecule has 6 heteroatoms. The number of aromatic carboxylic acids is 1. The number of hydrogen-bond acceptors (Lipinski definition) is 4. The number of rotatable bonds is 4. The number of carboxylic acids is 1. The predicted octanol–water partition coefficient (Wildman–Crippen LogP) is 4.25. The minimum absolute atomic E-state index is 0.141. The minimum Gasteiger partial charge on any atom is -0.478 e. The fraction of sp³-hybridized carbons (Fsp3) is 0.250. The molecule has 0 amide bonds. The molecule has 0 unspecified atom stereocenters. The van der Waals surface area contributed by atoms with Gasteiger partial charge >= 0.3 is 5.97 Å². The largest absolute Gasteiger partial charge is 0.478 e. The third-order valence-electron chi connectivity index (χ3n) is 4.76. The SMILES string of the molecule is O=C(O)c1ccc2nc(-c3ccc(C(=O)C4CCSCC4)cc3)[nH]c2c1. The molecule has 0 radical (unpaired) electrons. The van der Waals surface area contributed by atoms with Crippen LogP contribution in [0.2, 0.25) is 0 Å². The van der Waals surface area contributed by atoms with Crippen LogP contribution in [-0.4, -0.2) is 38.3 Å². The summed E-state index contributed by atoms with van der Waals surface area (Å²) >= 11 is 1.91. The van der Waals surface area contributed by atoms with E-state index in [0.29, 0.717) is 16.9 Å². The molecule has 1 aliphatic rings. The highest BCUT2D eigenvalue weighted by molar-refractivity contribution is 7.99. The molecule has 2 heterocycles. The van der Waals surface area contributed by atoms with Crippen LogP contribution in [0.25, 0.3) is 22.4 Å². The van der Waals surface area contributed by atoms with Crippen LogP contribution in [0.5, 0.6) is 0 Å². The fourth-order valence-electron chi connectivity index (χ4n) is 3.27. The number of carbonyl (C=O) groups is 2. The van der Waals surface area contributed by atoms with Crippen molar-refractivity contribution in [2.75, 3.05) is 11.5 Å². The van der Waals surface area contributed by atoms with Gasteiger partial charge in [-0.2, -0.15) is 11.8 Å². The highest BCUT2D eigenvalue weighted by atomic mass is 32.2. The lowest BCUT2D eigenvalue weighted by Crippen LogP contribution is -2.19. The molecule has 26 heavy (non-hydrogen) atoms. The summed E-state index contributed by atoms with van der Waals surface area (Å²) in [5.41, 5.74) is 3.23. The van der Waals surface area contributed by atoms with Crippen molar-refractivity contribution >= 4 is 34.5 Å². The maximum atomic E-state index is 12.6. The summed E-state index contributed by atoms with van der Waals surface area (Å²) in [6.07, 6.45) is 1.92. The van der Waals surface area contributed by atoms with E-state index in [1.165, 1.54) is 0 Å². The lowest BCUT2D eigenvalue weighted by molar-refractivity contribution is 0.0696. The Balaban J connectivity index is 1.59. The van der Waals surface area contributed by atoms with E-state index >= 15 is 0 Å². The van der Waals surface area contributed by atoms with Crippen molar-refractivity contribution in [1.82, 2.24) is 9.97 Å². The number of nitrogens with zero attached hydrogens (tertiary/aromatic N) is 1. The maximum absolute atomic E-state index is 12.6. The van der Waals surface area contributed by atoms with Gasteiger partial charge in [0.15, 0.2) is 5.78 Å². The van der Waals surface area contributed by atoms with Crippen LogP contribution in [0.3, 0.4) is 0 Å². The van der Waals surface area contributed by atoms with Gasteiger partial charge in [-0.3, -0.25) is 4.79 Å². The lowest BCUT2D eigenvalue weighted by atomic mass is 9.92. The summed E-state index contributed by atoms with van der Waals surface area (Å²) < 4.78 is 0. The van der Waals surface area contributed by atoms with Gasteiger partial charge in [0, 0.05) is 17.0 Å². The zero-order chi connectivity index (χ0) is 18.1. The molecule has 132 valence electrons.